The molecule has 0 radical (unpaired) electrons. The van der Waals surface area contributed by atoms with E-state index in [-0.39, 0.29) is 24.2 Å². The summed E-state index contributed by atoms with van der Waals surface area (Å²) in [4.78, 5) is 23.4. The molecular formula is C14H18BrN3O2. The molecule has 3 N–H and O–H groups in total. The predicted octanol–water partition coefficient (Wildman–Crippen LogP) is 1.42. The molecule has 2 rings (SSSR count). The van der Waals surface area contributed by atoms with Crippen LogP contribution in [0.2, 0.25) is 0 Å². The van der Waals surface area contributed by atoms with Crippen LogP contribution in [0, 0.1) is 12.8 Å². The molecule has 1 aromatic carbocycles. The average molecular weight is 340 g/mol. The van der Waals surface area contributed by atoms with Crippen LogP contribution in [-0.4, -0.2) is 31.4 Å². The highest BCUT2D eigenvalue weighted by Crippen LogP contribution is 2.20. The zero-order valence-electron chi connectivity index (χ0n) is 11.3. The molecule has 0 aliphatic carbocycles. The number of hydrogen-bond donors (Lipinski definition) is 3. The summed E-state index contributed by atoms with van der Waals surface area (Å²) in [5, 5.41) is 8.67. The fraction of sp³-hybridized carbons (Fsp3) is 0.429. The minimum atomic E-state index is -0.0989. The highest BCUT2D eigenvalue weighted by Gasteiger charge is 2.24. The van der Waals surface area contributed by atoms with E-state index >= 15 is 0 Å². The molecule has 1 aromatic rings. The number of hydrogen-bond acceptors (Lipinski definition) is 3. The second-order valence-corrected chi connectivity index (χ2v) is 5.82. The van der Waals surface area contributed by atoms with Crippen LogP contribution >= 0.6 is 15.9 Å². The highest BCUT2D eigenvalue weighted by atomic mass is 79.9. The largest absolute Gasteiger partial charge is 0.355 e. The first-order valence-electron chi connectivity index (χ1n) is 6.60. The Hall–Kier alpha value is -1.40. The molecule has 0 bridgehead atoms. The highest BCUT2D eigenvalue weighted by molar-refractivity contribution is 9.10. The minimum absolute atomic E-state index is 0.0233. The number of benzene rings is 1. The van der Waals surface area contributed by atoms with Crippen LogP contribution in [0.5, 0.6) is 0 Å². The molecule has 0 aromatic heterocycles. The maximum atomic E-state index is 11.8. The van der Waals surface area contributed by atoms with Gasteiger partial charge in [0.05, 0.1) is 5.92 Å². The average Bonchev–Trinajstić information content (AvgIpc) is 2.31. The third-order valence-corrected chi connectivity index (χ3v) is 3.77. The number of halogens is 1. The Labute approximate surface area is 126 Å². The van der Waals surface area contributed by atoms with Crippen LogP contribution in [0.4, 0.5) is 5.69 Å². The third-order valence-electron chi connectivity index (χ3n) is 3.28. The standard InChI is InChI=1S/C14H18BrN3O2/c1-9-2-3-11(15)6-12(9)18-13(19)4-5-17-14(20)10-7-16-8-10/h2-3,6,10,16H,4-5,7-8H2,1H3,(H,17,20)(H,18,19). The van der Waals surface area contributed by atoms with Gasteiger partial charge in [0.15, 0.2) is 0 Å². The van der Waals surface area contributed by atoms with Crippen molar-refractivity contribution >= 4 is 33.4 Å². The van der Waals surface area contributed by atoms with Gasteiger partial charge in [0, 0.05) is 36.2 Å². The van der Waals surface area contributed by atoms with E-state index in [4.69, 9.17) is 0 Å². The normalized spacial score (nSPS) is 14.5. The van der Waals surface area contributed by atoms with Crippen LogP contribution in [0.3, 0.4) is 0 Å². The predicted molar refractivity (Wildman–Crippen MR) is 81.5 cm³/mol. The van der Waals surface area contributed by atoms with Gasteiger partial charge >= 0.3 is 0 Å². The maximum Gasteiger partial charge on any atom is 0.226 e. The van der Waals surface area contributed by atoms with Gasteiger partial charge in [0.25, 0.3) is 0 Å². The van der Waals surface area contributed by atoms with Gasteiger partial charge in [-0.05, 0) is 24.6 Å². The molecule has 2 amide bonds. The van der Waals surface area contributed by atoms with Crippen LogP contribution in [0.1, 0.15) is 12.0 Å². The molecule has 1 saturated heterocycles. The molecule has 1 fully saturated rings. The monoisotopic (exact) mass is 339 g/mol. The number of rotatable bonds is 5. The molecule has 1 aliphatic rings. The van der Waals surface area contributed by atoms with E-state index in [0.717, 1.165) is 28.8 Å². The second-order valence-electron chi connectivity index (χ2n) is 4.90. The topological polar surface area (TPSA) is 70.2 Å². The van der Waals surface area contributed by atoms with Crippen LogP contribution < -0.4 is 16.0 Å². The molecule has 20 heavy (non-hydrogen) atoms. The molecule has 1 heterocycles. The molecule has 0 spiro atoms. The van der Waals surface area contributed by atoms with Crippen molar-refractivity contribution in [1.29, 1.82) is 0 Å². The number of nitrogens with one attached hydrogen (secondary N) is 3. The van der Waals surface area contributed by atoms with Crippen molar-refractivity contribution in [3.63, 3.8) is 0 Å². The summed E-state index contributed by atoms with van der Waals surface area (Å²) in [6.07, 6.45) is 0.276. The first kappa shape index (κ1) is 15.0. The number of amides is 2. The Morgan fingerprint density at radius 3 is 2.80 bits per heavy atom. The molecule has 108 valence electrons. The maximum absolute atomic E-state index is 11.8. The van der Waals surface area contributed by atoms with Crippen molar-refractivity contribution in [3.8, 4) is 0 Å². The lowest BCUT2D eigenvalue weighted by molar-refractivity contribution is -0.126. The quantitative estimate of drug-likeness (QED) is 0.759. The zero-order valence-corrected chi connectivity index (χ0v) is 12.9. The Morgan fingerprint density at radius 2 is 2.15 bits per heavy atom. The van der Waals surface area contributed by atoms with Crippen molar-refractivity contribution in [3.05, 3.63) is 28.2 Å². The first-order valence-corrected chi connectivity index (χ1v) is 7.40. The molecule has 5 nitrogen and oxygen atoms in total. The van der Waals surface area contributed by atoms with E-state index in [9.17, 15) is 9.59 Å². The van der Waals surface area contributed by atoms with E-state index in [2.05, 4.69) is 31.9 Å². The number of anilines is 1. The van der Waals surface area contributed by atoms with Gasteiger partial charge in [-0.25, -0.2) is 0 Å². The minimum Gasteiger partial charge on any atom is -0.355 e. The SMILES string of the molecule is Cc1ccc(Br)cc1NC(=O)CCNC(=O)C1CNC1. The van der Waals surface area contributed by atoms with Crippen LogP contribution in [-0.2, 0) is 9.59 Å². The van der Waals surface area contributed by atoms with Crippen molar-refractivity contribution in [2.24, 2.45) is 5.92 Å². The Bertz CT molecular complexity index is 515. The lowest BCUT2D eigenvalue weighted by Crippen LogP contribution is -2.51. The lowest BCUT2D eigenvalue weighted by atomic mass is 10.0. The number of carbonyl (C=O) groups excluding carboxylic acids is 2. The zero-order chi connectivity index (χ0) is 14.5. The van der Waals surface area contributed by atoms with Crippen LogP contribution in [0.15, 0.2) is 22.7 Å². The van der Waals surface area contributed by atoms with Gasteiger partial charge in [-0.3, -0.25) is 9.59 Å². The Kier molecular flexibility index (Phi) is 5.14. The fourth-order valence-electron chi connectivity index (χ4n) is 1.86. The second kappa shape index (κ2) is 6.85. The summed E-state index contributed by atoms with van der Waals surface area (Å²) in [6, 6.07) is 5.73. The summed E-state index contributed by atoms with van der Waals surface area (Å²) < 4.78 is 0.921. The summed E-state index contributed by atoms with van der Waals surface area (Å²) in [5.74, 6) is -0.0150. The van der Waals surface area contributed by atoms with Gasteiger partial charge in [-0.15, -0.1) is 0 Å². The fourth-order valence-corrected chi connectivity index (χ4v) is 2.22. The summed E-state index contributed by atoms with van der Waals surface area (Å²) in [5.41, 5.74) is 1.80. The van der Waals surface area contributed by atoms with E-state index < -0.39 is 0 Å². The van der Waals surface area contributed by atoms with Gasteiger partial charge in [0.1, 0.15) is 0 Å². The Morgan fingerprint density at radius 1 is 1.40 bits per heavy atom. The van der Waals surface area contributed by atoms with Gasteiger partial charge < -0.3 is 16.0 Å². The summed E-state index contributed by atoms with van der Waals surface area (Å²) in [6.45, 7) is 3.77. The molecule has 0 unspecified atom stereocenters. The summed E-state index contributed by atoms with van der Waals surface area (Å²) in [7, 11) is 0. The van der Waals surface area contributed by atoms with Gasteiger partial charge in [0.2, 0.25) is 11.8 Å². The van der Waals surface area contributed by atoms with E-state index in [1.54, 1.807) is 0 Å². The van der Waals surface area contributed by atoms with Gasteiger partial charge in [-0.1, -0.05) is 22.0 Å². The van der Waals surface area contributed by atoms with E-state index in [0.29, 0.717) is 6.54 Å². The molecule has 0 atom stereocenters. The molecular weight excluding hydrogens is 322 g/mol. The molecule has 6 heteroatoms. The van der Waals surface area contributed by atoms with Crippen molar-refractivity contribution < 1.29 is 9.59 Å². The smallest absolute Gasteiger partial charge is 0.226 e. The Balaban J connectivity index is 1.74. The van der Waals surface area contributed by atoms with Gasteiger partial charge in [-0.2, -0.15) is 0 Å². The van der Waals surface area contributed by atoms with E-state index in [1.807, 2.05) is 25.1 Å². The molecule has 0 saturated carbocycles. The van der Waals surface area contributed by atoms with Crippen LogP contribution in [0.25, 0.3) is 0 Å². The summed E-state index contributed by atoms with van der Waals surface area (Å²) >= 11 is 3.37. The van der Waals surface area contributed by atoms with Crippen molar-refractivity contribution in [2.45, 2.75) is 13.3 Å². The third kappa shape index (κ3) is 4.05. The number of aryl methyl sites for hydroxylation is 1. The molecule has 1 aliphatic heterocycles. The lowest BCUT2D eigenvalue weighted by Gasteiger charge is -2.25. The van der Waals surface area contributed by atoms with Crippen molar-refractivity contribution in [1.82, 2.24) is 10.6 Å². The van der Waals surface area contributed by atoms with E-state index in [1.165, 1.54) is 0 Å². The number of carbonyl (C=O) groups is 2. The van der Waals surface area contributed by atoms with Crippen molar-refractivity contribution in [2.75, 3.05) is 25.0 Å². The first-order chi connectivity index (χ1) is 9.56.